The number of hydrogen-bond donors (Lipinski definition) is 1. The quantitative estimate of drug-likeness (QED) is 0.773. The second-order valence-electron chi connectivity index (χ2n) is 4.66. The van der Waals surface area contributed by atoms with Crippen molar-refractivity contribution in [2.75, 3.05) is 6.54 Å². The summed E-state index contributed by atoms with van der Waals surface area (Å²) < 4.78 is 6.21. The Labute approximate surface area is 136 Å². The van der Waals surface area contributed by atoms with Crippen LogP contribution >= 0.6 is 27.3 Å². The summed E-state index contributed by atoms with van der Waals surface area (Å²) in [5, 5.41) is 6.77. The molecule has 1 amide bonds. The molecule has 1 N–H and O–H groups in total. The first-order valence-corrected chi connectivity index (χ1v) is 8.60. The van der Waals surface area contributed by atoms with E-state index in [1.54, 1.807) is 11.3 Å². The molecule has 0 saturated carbocycles. The number of halogens is 1. The van der Waals surface area contributed by atoms with Crippen molar-refractivity contribution < 1.29 is 9.32 Å². The Bertz CT molecular complexity index is 582. The third-order valence-corrected chi connectivity index (χ3v) is 4.56. The number of aryl methyl sites for hydroxylation is 2. The van der Waals surface area contributed by atoms with Crippen molar-refractivity contribution in [3.63, 3.8) is 0 Å². The van der Waals surface area contributed by atoms with Crippen molar-refractivity contribution in [2.45, 2.75) is 39.0 Å². The Kier molecular flexibility index (Phi) is 6.38. The van der Waals surface area contributed by atoms with Gasteiger partial charge in [0.2, 0.25) is 11.8 Å². The number of carbonyl (C=O) groups is 1. The number of carbonyl (C=O) groups excluding carboxylic acids is 1. The van der Waals surface area contributed by atoms with Gasteiger partial charge in [0.25, 0.3) is 0 Å². The summed E-state index contributed by atoms with van der Waals surface area (Å²) in [5.41, 5.74) is 0. The molecule has 0 radical (unpaired) electrons. The topological polar surface area (TPSA) is 68.0 Å². The van der Waals surface area contributed by atoms with Crippen LogP contribution in [0.1, 0.15) is 36.4 Å². The molecular formula is C14H18BrN3O2S. The van der Waals surface area contributed by atoms with Gasteiger partial charge in [-0.15, -0.1) is 11.3 Å². The molecule has 0 fully saturated rings. The molecule has 2 heterocycles. The summed E-state index contributed by atoms with van der Waals surface area (Å²) in [6.07, 6.45) is 3.52. The number of nitrogens with one attached hydrogen (secondary N) is 1. The maximum Gasteiger partial charge on any atom is 0.227 e. The van der Waals surface area contributed by atoms with Crippen LogP contribution in [-0.2, 0) is 24.1 Å². The Balaban J connectivity index is 1.64. The Morgan fingerprint density at radius 1 is 1.38 bits per heavy atom. The highest BCUT2D eigenvalue weighted by molar-refractivity contribution is 9.11. The lowest BCUT2D eigenvalue weighted by Crippen LogP contribution is -2.25. The first-order chi connectivity index (χ1) is 10.2. The molecule has 2 rings (SSSR count). The monoisotopic (exact) mass is 371 g/mol. The molecule has 0 unspecified atom stereocenters. The van der Waals surface area contributed by atoms with Gasteiger partial charge >= 0.3 is 0 Å². The van der Waals surface area contributed by atoms with E-state index in [-0.39, 0.29) is 5.91 Å². The maximum atomic E-state index is 11.7. The van der Waals surface area contributed by atoms with E-state index >= 15 is 0 Å². The number of amides is 1. The van der Waals surface area contributed by atoms with Gasteiger partial charge in [0.1, 0.15) is 0 Å². The van der Waals surface area contributed by atoms with Crippen LogP contribution in [0.4, 0.5) is 0 Å². The van der Waals surface area contributed by atoms with E-state index in [4.69, 9.17) is 4.52 Å². The molecule has 21 heavy (non-hydrogen) atoms. The molecule has 2 aromatic rings. The van der Waals surface area contributed by atoms with Crippen molar-refractivity contribution in [2.24, 2.45) is 0 Å². The van der Waals surface area contributed by atoms with Crippen molar-refractivity contribution in [3.8, 4) is 0 Å². The molecule has 0 aromatic carbocycles. The van der Waals surface area contributed by atoms with Gasteiger partial charge in [-0.1, -0.05) is 12.1 Å². The molecule has 0 saturated heterocycles. The Morgan fingerprint density at radius 2 is 2.24 bits per heavy atom. The molecule has 5 nitrogen and oxygen atoms in total. The van der Waals surface area contributed by atoms with E-state index in [9.17, 15) is 4.79 Å². The fourth-order valence-electron chi connectivity index (χ4n) is 1.84. The van der Waals surface area contributed by atoms with Crippen LogP contribution in [0.5, 0.6) is 0 Å². The molecule has 0 spiro atoms. The van der Waals surface area contributed by atoms with Gasteiger partial charge in [-0.3, -0.25) is 4.79 Å². The fourth-order valence-corrected chi connectivity index (χ4v) is 3.32. The molecular weight excluding hydrogens is 354 g/mol. The van der Waals surface area contributed by atoms with Gasteiger partial charge < -0.3 is 9.84 Å². The van der Waals surface area contributed by atoms with Crippen molar-refractivity contribution in [1.82, 2.24) is 15.5 Å². The predicted molar refractivity (Wildman–Crippen MR) is 85.3 cm³/mol. The van der Waals surface area contributed by atoms with Crippen LogP contribution in [0.3, 0.4) is 0 Å². The number of nitrogens with zero attached hydrogens (tertiary/aromatic N) is 2. The minimum Gasteiger partial charge on any atom is -0.356 e. The molecule has 0 atom stereocenters. The molecule has 0 aliphatic rings. The largest absolute Gasteiger partial charge is 0.356 e. The first kappa shape index (κ1) is 16.2. The van der Waals surface area contributed by atoms with Gasteiger partial charge in [-0.2, -0.15) is 4.98 Å². The Morgan fingerprint density at radius 3 is 2.95 bits per heavy atom. The molecule has 0 aliphatic heterocycles. The van der Waals surface area contributed by atoms with E-state index in [1.807, 2.05) is 6.07 Å². The zero-order valence-corrected chi connectivity index (χ0v) is 14.3. The summed E-state index contributed by atoms with van der Waals surface area (Å²) >= 11 is 5.11. The van der Waals surface area contributed by atoms with Crippen LogP contribution in [0, 0.1) is 0 Å². The van der Waals surface area contributed by atoms with Gasteiger partial charge in [0, 0.05) is 30.7 Å². The molecule has 7 heteroatoms. The summed E-state index contributed by atoms with van der Waals surface area (Å²) in [4.78, 5) is 17.2. The fraction of sp³-hybridized carbons (Fsp3) is 0.500. The van der Waals surface area contributed by atoms with E-state index in [0.29, 0.717) is 25.3 Å². The predicted octanol–water partition coefficient (Wildman–Crippen LogP) is 3.14. The van der Waals surface area contributed by atoms with Crippen molar-refractivity contribution in [1.29, 1.82) is 0 Å². The van der Waals surface area contributed by atoms with E-state index in [0.717, 1.165) is 28.9 Å². The number of thiophene rings is 1. The second-order valence-corrected chi connectivity index (χ2v) is 7.21. The highest BCUT2D eigenvalue weighted by Crippen LogP contribution is 2.22. The molecule has 2 aromatic heterocycles. The second kappa shape index (κ2) is 8.29. The van der Waals surface area contributed by atoms with Gasteiger partial charge in [0.05, 0.1) is 3.79 Å². The van der Waals surface area contributed by atoms with E-state index in [1.165, 1.54) is 4.88 Å². The summed E-state index contributed by atoms with van der Waals surface area (Å²) in [6, 6.07) is 4.08. The van der Waals surface area contributed by atoms with Crippen LogP contribution in [0.2, 0.25) is 0 Å². The number of aromatic nitrogens is 2. The normalized spacial score (nSPS) is 10.8. The Hall–Kier alpha value is -1.21. The highest BCUT2D eigenvalue weighted by Gasteiger charge is 2.08. The average molecular weight is 372 g/mol. The smallest absolute Gasteiger partial charge is 0.227 e. The van der Waals surface area contributed by atoms with Crippen LogP contribution in [0.25, 0.3) is 0 Å². The SMILES string of the molecule is CCCc1noc(CCC(=O)NCCc2ccc(Br)s2)n1. The zero-order valence-electron chi connectivity index (χ0n) is 11.9. The summed E-state index contributed by atoms with van der Waals surface area (Å²) in [5.74, 6) is 1.27. The highest BCUT2D eigenvalue weighted by atomic mass is 79.9. The summed E-state index contributed by atoms with van der Waals surface area (Å²) in [6.45, 7) is 2.71. The third-order valence-electron chi connectivity index (χ3n) is 2.87. The standard InChI is InChI=1S/C14H18BrN3O2S/c1-2-3-12-17-14(20-18-12)7-6-13(19)16-9-8-10-4-5-11(15)21-10/h4-5H,2-3,6-9H2,1H3,(H,16,19). The van der Waals surface area contributed by atoms with Crippen LogP contribution in [-0.4, -0.2) is 22.6 Å². The average Bonchev–Trinajstić information content (AvgIpc) is 3.06. The number of rotatable bonds is 8. The van der Waals surface area contributed by atoms with E-state index < -0.39 is 0 Å². The lowest BCUT2D eigenvalue weighted by atomic mass is 10.3. The lowest BCUT2D eigenvalue weighted by Gasteiger charge is -2.02. The lowest BCUT2D eigenvalue weighted by molar-refractivity contribution is -0.121. The maximum absolute atomic E-state index is 11.7. The van der Waals surface area contributed by atoms with Crippen LogP contribution in [0.15, 0.2) is 20.4 Å². The van der Waals surface area contributed by atoms with Gasteiger partial charge in [-0.25, -0.2) is 0 Å². The van der Waals surface area contributed by atoms with E-state index in [2.05, 4.69) is 44.4 Å². The molecule has 0 aliphatic carbocycles. The minimum absolute atomic E-state index is 0.0147. The molecule has 0 bridgehead atoms. The van der Waals surface area contributed by atoms with Crippen molar-refractivity contribution >= 4 is 33.2 Å². The summed E-state index contributed by atoms with van der Waals surface area (Å²) in [7, 11) is 0. The molecule has 114 valence electrons. The minimum atomic E-state index is 0.0147. The van der Waals surface area contributed by atoms with Crippen LogP contribution < -0.4 is 5.32 Å². The first-order valence-electron chi connectivity index (χ1n) is 6.99. The van der Waals surface area contributed by atoms with Crippen molar-refractivity contribution in [3.05, 3.63) is 32.5 Å². The van der Waals surface area contributed by atoms with Gasteiger partial charge in [-0.05, 0) is 40.9 Å². The number of hydrogen-bond acceptors (Lipinski definition) is 5. The van der Waals surface area contributed by atoms with Gasteiger partial charge in [0.15, 0.2) is 5.82 Å². The zero-order chi connectivity index (χ0) is 15.1. The third kappa shape index (κ3) is 5.59.